The Morgan fingerprint density at radius 1 is 1.47 bits per heavy atom. The molecule has 1 heterocycles. The lowest BCUT2D eigenvalue weighted by molar-refractivity contribution is -0.121. The summed E-state index contributed by atoms with van der Waals surface area (Å²) in [7, 11) is 2.07. The Labute approximate surface area is 114 Å². The number of nitrogens with zero attached hydrogens (tertiary/aromatic N) is 1. The van der Waals surface area contributed by atoms with Gasteiger partial charge in [-0.2, -0.15) is 0 Å². The number of aryl methyl sites for hydroxylation is 1. The van der Waals surface area contributed by atoms with Gasteiger partial charge in [-0.1, -0.05) is 24.3 Å². The molecule has 1 unspecified atom stereocenters. The number of amides is 1. The predicted molar refractivity (Wildman–Crippen MR) is 75.1 cm³/mol. The molecule has 2 rings (SSSR count). The first-order chi connectivity index (χ1) is 9.15. The van der Waals surface area contributed by atoms with Crippen LogP contribution in [0, 0.1) is 6.92 Å². The molecule has 1 fully saturated rings. The molecule has 1 N–H and O–H groups in total. The number of benzene rings is 1. The second-order valence-electron chi connectivity index (χ2n) is 5.16. The lowest BCUT2D eigenvalue weighted by Gasteiger charge is -2.30. The number of rotatable bonds is 4. The minimum atomic E-state index is 0.0612. The molecule has 19 heavy (non-hydrogen) atoms. The van der Waals surface area contributed by atoms with Gasteiger partial charge in [0, 0.05) is 19.6 Å². The van der Waals surface area contributed by atoms with E-state index in [-0.39, 0.29) is 12.0 Å². The third-order valence-electron chi connectivity index (χ3n) is 3.48. The quantitative estimate of drug-likeness (QED) is 0.879. The number of nitrogens with one attached hydrogen (secondary N) is 1. The van der Waals surface area contributed by atoms with Crippen LogP contribution in [0.2, 0.25) is 0 Å². The highest BCUT2D eigenvalue weighted by molar-refractivity contribution is 5.78. The van der Waals surface area contributed by atoms with E-state index in [2.05, 4.69) is 17.3 Å². The molecule has 0 spiro atoms. The molecule has 1 aromatic rings. The van der Waals surface area contributed by atoms with Crippen LogP contribution < -0.4 is 5.32 Å². The number of carbonyl (C=O) groups excluding carboxylic acids is 1. The van der Waals surface area contributed by atoms with Crippen molar-refractivity contribution in [3.8, 4) is 0 Å². The van der Waals surface area contributed by atoms with Crippen molar-refractivity contribution in [3.05, 3.63) is 35.4 Å². The van der Waals surface area contributed by atoms with E-state index in [9.17, 15) is 4.79 Å². The summed E-state index contributed by atoms with van der Waals surface area (Å²) in [5, 5.41) is 2.96. The fraction of sp³-hybridized carbons (Fsp3) is 0.533. The van der Waals surface area contributed by atoms with E-state index in [4.69, 9.17) is 4.74 Å². The molecule has 0 bridgehead atoms. The van der Waals surface area contributed by atoms with Crippen molar-refractivity contribution in [2.24, 2.45) is 0 Å². The van der Waals surface area contributed by atoms with Crippen molar-refractivity contribution >= 4 is 5.91 Å². The largest absolute Gasteiger partial charge is 0.374 e. The highest BCUT2D eigenvalue weighted by Gasteiger charge is 2.18. The third kappa shape index (κ3) is 4.33. The van der Waals surface area contributed by atoms with Gasteiger partial charge >= 0.3 is 0 Å². The van der Waals surface area contributed by atoms with Crippen molar-refractivity contribution < 1.29 is 9.53 Å². The van der Waals surface area contributed by atoms with E-state index in [1.54, 1.807) is 0 Å². The Morgan fingerprint density at radius 3 is 3.00 bits per heavy atom. The number of hydrogen-bond acceptors (Lipinski definition) is 3. The van der Waals surface area contributed by atoms with E-state index in [0.717, 1.165) is 30.8 Å². The van der Waals surface area contributed by atoms with Crippen LogP contribution in [0.25, 0.3) is 0 Å². The minimum Gasteiger partial charge on any atom is -0.374 e. The van der Waals surface area contributed by atoms with Crippen molar-refractivity contribution in [2.45, 2.75) is 19.4 Å². The molecule has 0 saturated carbocycles. The first-order valence-electron chi connectivity index (χ1n) is 6.76. The molecule has 1 aliphatic rings. The number of likely N-dealkylation sites (N-methyl/N-ethyl adjacent to an activating group) is 1. The van der Waals surface area contributed by atoms with E-state index in [1.165, 1.54) is 0 Å². The maximum Gasteiger partial charge on any atom is 0.224 e. The maximum absolute atomic E-state index is 11.9. The molecule has 1 saturated heterocycles. The predicted octanol–water partition coefficient (Wildman–Crippen LogP) is 0.984. The second kappa shape index (κ2) is 6.68. The Morgan fingerprint density at radius 2 is 2.26 bits per heavy atom. The smallest absolute Gasteiger partial charge is 0.224 e. The van der Waals surface area contributed by atoms with Gasteiger partial charge in [0.2, 0.25) is 5.91 Å². The van der Waals surface area contributed by atoms with Crippen LogP contribution in [0.15, 0.2) is 24.3 Å². The Kier molecular flexibility index (Phi) is 4.93. The number of ether oxygens (including phenoxy) is 1. The van der Waals surface area contributed by atoms with Crippen molar-refractivity contribution in [3.63, 3.8) is 0 Å². The SMILES string of the molecule is Cc1ccccc1CC(=O)NCC1CN(C)CCO1. The van der Waals surface area contributed by atoms with Gasteiger partial charge in [-0.05, 0) is 25.1 Å². The monoisotopic (exact) mass is 262 g/mol. The normalized spacial score (nSPS) is 20.2. The number of hydrogen-bond donors (Lipinski definition) is 1. The van der Waals surface area contributed by atoms with Gasteiger partial charge in [0.1, 0.15) is 0 Å². The summed E-state index contributed by atoms with van der Waals surface area (Å²) >= 11 is 0. The zero-order valence-electron chi connectivity index (χ0n) is 11.7. The van der Waals surface area contributed by atoms with E-state index >= 15 is 0 Å². The standard InChI is InChI=1S/C15H22N2O2/c1-12-5-3-4-6-13(12)9-15(18)16-10-14-11-17(2)7-8-19-14/h3-6,14H,7-11H2,1-2H3,(H,16,18). The topological polar surface area (TPSA) is 41.6 Å². The molecule has 0 radical (unpaired) electrons. The fourth-order valence-corrected chi connectivity index (χ4v) is 2.26. The molecule has 1 aliphatic heterocycles. The lowest BCUT2D eigenvalue weighted by atomic mass is 10.1. The van der Waals surface area contributed by atoms with Crippen LogP contribution in [0.1, 0.15) is 11.1 Å². The van der Waals surface area contributed by atoms with Gasteiger partial charge in [-0.15, -0.1) is 0 Å². The third-order valence-corrected chi connectivity index (χ3v) is 3.48. The van der Waals surface area contributed by atoms with Crippen molar-refractivity contribution in [1.29, 1.82) is 0 Å². The van der Waals surface area contributed by atoms with Crippen LogP contribution in [0.4, 0.5) is 0 Å². The molecule has 1 atom stereocenters. The molecule has 0 aromatic heterocycles. The average Bonchev–Trinajstić information content (AvgIpc) is 2.39. The molecule has 0 aliphatic carbocycles. The Balaban J connectivity index is 1.77. The lowest BCUT2D eigenvalue weighted by Crippen LogP contribution is -2.46. The summed E-state index contributed by atoms with van der Waals surface area (Å²) in [6.07, 6.45) is 0.550. The molecule has 104 valence electrons. The summed E-state index contributed by atoms with van der Waals surface area (Å²) in [5.74, 6) is 0.0612. The van der Waals surface area contributed by atoms with Crippen molar-refractivity contribution in [2.75, 3.05) is 33.3 Å². The number of morpholine rings is 1. The van der Waals surface area contributed by atoms with E-state index in [1.807, 2.05) is 31.2 Å². The van der Waals surface area contributed by atoms with Gasteiger partial charge in [-0.25, -0.2) is 0 Å². The molecule has 4 heteroatoms. The van der Waals surface area contributed by atoms with E-state index in [0.29, 0.717) is 13.0 Å². The Hall–Kier alpha value is -1.39. The fourth-order valence-electron chi connectivity index (χ4n) is 2.26. The first-order valence-corrected chi connectivity index (χ1v) is 6.76. The van der Waals surface area contributed by atoms with Crippen molar-refractivity contribution in [1.82, 2.24) is 10.2 Å². The van der Waals surface area contributed by atoms with Crippen LogP contribution in [0.3, 0.4) is 0 Å². The molecular formula is C15H22N2O2. The van der Waals surface area contributed by atoms with Crippen LogP contribution in [-0.2, 0) is 16.0 Å². The zero-order chi connectivity index (χ0) is 13.7. The summed E-state index contributed by atoms with van der Waals surface area (Å²) in [4.78, 5) is 14.1. The second-order valence-corrected chi connectivity index (χ2v) is 5.16. The van der Waals surface area contributed by atoms with E-state index < -0.39 is 0 Å². The minimum absolute atomic E-state index is 0.0612. The summed E-state index contributed by atoms with van der Waals surface area (Å²) in [5.41, 5.74) is 2.24. The van der Waals surface area contributed by atoms with Crippen LogP contribution in [0.5, 0.6) is 0 Å². The van der Waals surface area contributed by atoms with Gasteiger partial charge in [0.25, 0.3) is 0 Å². The highest BCUT2D eigenvalue weighted by atomic mass is 16.5. The molecule has 1 aromatic carbocycles. The molecule has 1 amide bonds. The first kappa shape index (κ1) is 14.0. The van der Waals surface area contributed by atoms with Gasteiger partial charge in [0.05, 0.1) is 19.1 Å². The summed E-state index contributed by atoms with van der Waals surface area (Å²) in [6.45, 7) is 5.21. The molecular weight excluding hydrogens is 240 g/mol. The summed E-state index contributed by atoms with van der Waals surface area (Å²) in [6, 6.07) is 7.99. The maximum atomic E-state index is 11.9. The van der Waals surface area contributed by atoms with Crippen LogP contribution >= 0.6 is 0 Å². The van der Waals surface area contributed by atoms with Crippen LogP contribution in [-0.4, -0.2) is 50.2 Å². The summed E-state index contributed by atoms with van der Waals surface area (Å²) < 4.78 is 5.62. The average molecular weight is 262 g/mol. The van der Waals surface area contributed by atoms with Gasteiger partial charge < -0.3 is 15.0 Å². The van der Waals surface area contributed by atoms with Gasteiger partial charge in [-0.3, -0.25) is 4.79 Å². The zero-order valence-corrected chi connectivity index (χ0v) is 11.7. The van der Waals surface area contributed by atoms with Gasteiger partial charge in [0.15, 0.2) is 0 Å². The highest BCUT2D eigenvalue weighted by Crippen LogP contribution is 2.07. The molecule has 4 nitrogen and oxygen atoms in total. The number of carbonyl (C=O) groups is 1. The Bertz CT molecular complexity index is 434.